The highest BCUT2D eigenvalue weighted by Gasteiger charge is 2.11. The SMILES string of the molecule is CCc1cc(Br)cc2c(NN)cc(-c3ccccc3)nc12. The highest BCUT2D eigenvalue weighted by atomic mass is 79.9. The normalized spacial score (nSPS) is 10.8. The summed E-state index contributed by atoms with van der Waals surface area (Å²) < 4.78 is 1.04. The number of rotatable bonds is 3. The summed E-state index contributed by atoms with van der Waals surface area (Å²) in [4.78, 5) is 4.85. The molecule has 0 radical (unpaired) electrons. The van der Waals surface area contributed by atoms with Crippen molar-refractivity contribution in [3.05, 3.63) is 58.6 Å². The number of benzene rings is 2. The molecule has 3 nitrogen and oxygen atoms in total. The summed E-state index contributed by atoms with van der Waals surface area (Å²) in [6.07, 6.45) is 0.922. The van der Waals surface area contributed by atoms with Crippen LogP contribution in [0.2, 0.25) is 0 Å². The van der Waals surface area contributed by atoms with E-state index in [2.05, 4.69) is 46.5 Å². The first kappa shape index (κ1) is 14.0. The van der Waals surface area contributed by atoms with Crippen molar-refractivity contribution in [1.29, 1.82) is 0 Å². The third-order valence-corrected chi connectivity index (χ3v) is 4.02. The van der Waals surface area contributed by atoms with Crippen LogP contribution in [0.5, 0.6) is 0 Å². The third-order valence-electron chi connectivity index (χ3n) is 3.56. The van der Waals surface area contributed by atoms with E-state index in [0.717, 1.165) is 38.7 Å². The van der Waals surface area contributed by atoms with Gasteiger partial charge in [0.15, 0.2) is 0 Å². The van der Waals surface area contributed by atoms with Crippen molar-refractivity contribution >= 4 is 32.5 Å². The molecule has 0 saturated carbocycles. The lowest BCUT2D eigenvalue weighted by molar-refractivity contribution is 1.14. The van der Waals surface area contributed by atoms with Gasteiger partial charge in [0, 0.05) is 15.4 Å². The van der Waals surface area contributed by atoms with Gasteiger partial charge in [-0.25, -0.2) is 4.98 Å². The lowest BCUT2D eigenvalue weighted by atomic mass is 10.0. The summed E-state index contributed by atoms with van der Waals surface area (Å²) in [5.41, 5.74) is 7.89. The minimum atomic E-state index is 0.884. The summed E-state index contributed by atoms with van der Waals surface area (Å²) >= 11 is 3.55. The number of halogens is 1. The van der Waals surface area contributed by atoms with Gasteiger partial charge in [0.2, 0.25) is 0 Å². The maximum atomic E-state index is 5.71. The van der Waals surface area contributed by atoms with E-state index >= 15 is 0 Å². The first-order valence-corrected chi connectivity index (χ1v) is 7.67. The monoisotopic (exact) mass is 341 g/mol. The predicted octanol–water partition coefficient (Wildman–Crippen LogP) is 4.51. The van der Waals surface area contributed by atoms with E-state index < -0.39 is 0 Å². The van der Waals surface area contributed by atoms with E-state index in [9.17, 15) is 0 Å². The van der Waals surface area contributed by atoms with Crippen molar-refractivity contribution < 1.29 is 0 Å². The van der Waals surface area contributed by atoms with E-state index in [1.54, 1.807) is 0 Å². The molecular formula is C17H16BrN3. The Bertz CT molecular complexity index is 785. The van der Waals surface area contributed by atoms with Gasteiger partial charge in [-0.15, -0.1) is 0 Å². The second-order valence-corrected chi connectivity index (χ2v) is 5.80. The highest BCUT2D eigenvalue weighted by Crippen LogP contribution is 2.32. The molecule has 3 N–H and O–H groups in total. The van der Waals surface area contributed by atoms with Crippen LogP contribution < -0.4 is 11.3 Å². The number of aryl methyl sites for hydroxylation is 1. The average Bonchev–Trinajstić information content (AvgIpc) is 2.54. The minimum absolute atomic E-state index is 0.884. The predicted molar refractivity (Wildman–Crippen MR) is 92.1 cm³/mol. The van der Waals surface area contributed by atoms with Gasteiger partial charge in [-0.1, -0.05) is 53.2 Å². The molecule has 0 unspecified atom stereocenters. The molecule has 0 bridgehead atoms. The smallest absolute Gasteiger partial charge is 0.0763 e. The fourth-order valence-corrected chi connectivity index (χ4v) is 3.01. The first-order chi connectivity index (χ1) is 10.2. The molecule has 0 spiro atoms. The van der Waals surface area contributed by atoms with E-state index in [-0.39, 0.29) is 0 Å². The van der Waals surface area contributed by atoms with Crippen molar-refractivity contribution in [1.82, 2.24) is 4.98 Å². The quantitative estimate of drug-likeness (QED) is 0.544. The molecule has 106 valence electrons. The van der Waals surface area contributed by atoms with Gasteiger partial charge in [0.05, 0.1) is 16.9 Å². The molecule has 1 aromatic heterocycles. The van der Waals surface area contributed by atoms with Crippen LogP contribution in [0.1, 0.15) is 12.5 Å². The van der Waals surface area contributed by atoms with Crippen LogP contribution in [-0.4, -0.2) is 4.98 Å². The number of nitrogen functional groups attached to an aromatic ring is 1. The molecule has 4 heteroatoms. The Morgan fingerprint density at radius 2 is 1.90 bits per heavy atom. The number of nitrogens with one attached hydrogen (secondary N) is 1. The van der Waals surface area contributed by atoms with Gasteiger partial charge in [-0.2, -0.15) is 0 Å². The van der Waals surface area contributed by atoms with E-state index in [1.165, 1.54) is 5.56 Å². The van der Waals surface area contributed by atoms with Crippen molar-refractivity contribution in [3.63, 3.8) is 0 Å². The fraction of sp³-hybridized carbons (Fsp3) is 0.118. The van der Waals surface area contributed by atoms with Gasteiger partial charge in [0.25, 0.3) is 0 Å². The molecule has 21 heavy (non-hydrogen) atoms. The number of nitrogens with two attached hydrogens (primary N) is 1. The lowest BCUT2D eigenvalue weighted by Gasteiger charge is -2.12. The molecule has 3 aromatic rings. The van der Waals surface area contributed by atoms with Crippen molar-refractivity contribution in [2.75, 3.05) is 5.43 Å². The number of fused-ring (bicyclic) bond motifs is 1. The first-order valence-electron chi connectivity index (χ1n) is 6.88. The number of nitrogens with zero attached hydrogens (tertiary/aromatic N) is 1. The average molecular weight is 342 g/mol. The summed E-state index contributed by atoms with van der Waals surface area (Å²) in [7, 11) is 0. The van der Waals surface area contributed by atoms with Crippen molar-refractivity contribution in [3.8, 4) is 11.3 Å². The lowest BCUT2D eigenvalue weighted by Crippen LogP contribution is -2.08. The number of aromatic nitrogens is 1. The largest absolute Gasteiger partial charge is 0.323 e. The Labute approximate surface area is 132 Å². The van der Waals surface area contributed by atoms with Crippen LogP contribution in [0.3, 0.4) is 0 Å². The van der Waals surface area contributed by atoms with Crippen LogP contribution in [-0.2, 0) is 6.42 Å². The fourth-order valence-electron chi connectivity index (χ4n) is 2.51. The van der Waals surface area contributed by atoms with Gasteiger partial charge >= 0.3 is 0 Å². The van der Waals surface area contributed by atoms with Crippen LogP contribution in [0.15, 0.2) is 53.0 Å². The summed E-state index contributed by atoms with van der Waals surface area (Å²) in [6, 6.07) is 16.3. The minimum Gasteiger partial charge on any atom is -0.323 e. The van der Waals surface area contributed by atoms with Gasteiger partial charge in [-0.3, -0.25) is 5.84 Å². The summed E-state index contributed by atoms with van der Waals surface area (Å²) in [5.74, 6) is 5.71. The number of pyridine rings is 1. The molecule has 0 saturated heterocycles. The summed E-state index contributed by atoms with van der Waals surface area (Å²) in [6.45, 7) is 2.13. The molecule has 3 rings (SSSR count). The second-order valence-electron chi connectivity index (χ2n) is 4.88. The Kier molecular flexibility index (Phi) is 3.90. The molecule has 0 fully saturated rings. The zero-order chi connectivity index (χ0) is 14.8. The van der Waals surface area contributed by atoms with Crippen LogP contribution >= 0.6 is 15.9 Å². The Hall–Kier alpha value is -1.91. The zero-order valence-electron chi connectivity index (χ0n) is 11.7. The van der Waals surface area contributed by atoms with Gasteiger partial charge in [0.1, 0.15) is 0 Å². The molecule has 0 aliphatic rings. The topological polar surface area (TPSA) is 50.9 Å². The molecule has 0 aliphatic heterocycles. The van der Waals surface area contributed by atoms with Crippen LogP contribution in [0, 0.1) is 0 Å². The standard InChI is InChI=1S/C17H16BrN3/c1-2-11-8-13(18)9-14-16(21-19)10-15(20-17(11)14)12-6-4-3-5-7-12/h3-10H,2,19H2,1H3,(H,20,21). The Morgan fingerprint density at radius 3 is 2.57 bits per heavy atom. The van der Waals surface area contributed by atoms with E-state index in [0.29, 0.717) is 0 Å². The molecule has 0 amide bonds. The van der Waals surface area contributed by atoms with E-state index in [1.807, 2.05) is 30.3 Å². The van der Waals surface area contributed by atoms with Gasteiger partial charge < -0.3 is 5.43 Å². The molecule has 2 aromatic carbocycles. The maximum Gasteiger partial charge on any atom is 0.0763 e. The van der Waals surface area contributed by atoms with Crippen LogP contribution in [0.4, 0.5) is 5.69 Å². The number of hydrazine groups is 1. The van der Waals surface area contributed by atoms with Crippen molar-refractivity contribution in [2.24, 2.45) is 5.84 Å². The molecule has 0 atom stereocenters. The Balaban J connectivity index is 2.33. The molecule has 0 aliphatic carbocycles. The molecule has 1 heterocycles. The third kappa shape index (κ3) is 2.64. The van der Waals surface area contributed by atoms with Gasteiger partial charge in [-0.05, 0) is 30.2 Å². The highest BCUT2D eigenvalue weighted by molar-refractivity contribution is 9.10. The number of hydrogen-bond acceptors (Lipinski definition) is 3. The molecular weight excluding hydrogens is 326 g/mol. The van der Waals surface area contributed by atoms with Crippen LogP contribution in [0.25, 0.3) is 22.2 Å². The number of hydrogen-bond donors (Lipinski definition) is 2. The Morgan fingerprint density at radius 1 is 1.14 bits per heavy atom. The second kappa shape index (κ2) is 5.84. The zero-order valence-corrected chi connectivity index (χ0v) is 13.3. The van der Waals surface area contributed by atoms with Crippen molar-refractivity contribution in [2.45, 2.75) is 13.3 Å². The summed E-state index contributed by atoms with van der Waals surface area (Å²) in [5, 5.41) is 1.03. The van der Waals surface area contributed by atoms with E-state index in [4.69, 9.17) is 10.8 Å². The maximum absolute atomic E-state index is 5.71. The number of anilines is 1.